The van der Waals surface area contributed by atoms with Crippen molar-refractivity contribution in [3.05, 3.63) is 35.9 Å². The first kappa shape index (κ1) is 13.2. The summed E-state index contributed by atoms with van der Waals surface area (Å²) in [5.41, 5.74) is 1.55. The van der Waals surface area contributed by atoms with E-state index >= 15 is 0 Å². The van der Waals surface area contributed by atoms with Crippen LogP contribution in [-0.2, 0) is 5.41 Å². The van der Waals surface area contributed by atoms with Crippen LogP contribution in [0.1, 0.15) is 44.6 Å². The number of benzene rings is 1. The van der Waals surface area contributed by atoms with Crippen LogP contribution in [-0.4, -0.2) is 12.6 Å². The lowest BCUT2D eigenvalue weighted by Gasteiger charge is -2.42. The van der Waals surface area contributed by atoms with Gasteiger partial charge in [-0.15, -0.1) is 6.42 Å². The summed E-state index contributed by atoms with van der Waals surface area (Å²) in [6.07, 6.45) is 12.1. The molecule has 0 aliphatic heterocycles. The summed E-state index contributed by atoms with van der Waals surface area (Å²) < 4.78 is 0. The van der Waals surface area contributed by atoms with Gasteiger partial charge in [-0.05, 0) is 24.9 Å². The van der Waals surface area contributed by atoms with Gasteiger partial charge in [-0.3, -0.25) is 0 Å². The Morgan fingerprint density at radius 1 is 1.22 bits per heavy atom. The third-order valence-electron chi connectivity index (χ3n) is 4.22. The zero-order valence-electron chi connectivity index (χ0n) is 11.3. The Morgan fingerprint density at radius 2 is 1.89 bits per heavy atom. The molecule has 0 spiro atoms. The van der Waals surface area contributed by atoms with Crippen molar-refractivity contribution in [2.75, 3.05) is 6.54 Å². The number of nitrogens with one attached hydrogen (secondary N) is 1. The molecule has 1 aliphatic rings. The van der Waals surface area contributed by atoms with Gasteiger partial charge in [0.25, 0.3) is 0 Å². The minimum Gasteiger partial charge on any atom is -0.303 e. The van der Waals surface area contributed by atoms with Gasteiger partial charge < -0.3 is 5.32 Å². The van der Waals surface area contributed by atoms with Crippen LogP contribution in [0.5, 0.6) is 0 Å². The molecular formula is C17H23N. The highest BCUT2D eigenvalue weighted by molar-refractivity contribution is 5.32. The number of hydrogen-bond donors (Lipinski definition) is 1. The lowest BCUT2D eigenvalue weighted by molar-refractivity contribution is 0.248. The Hall–Kier alpha value is -1.26. The van der Waals surface area contributed by atoms with Crippen molar-refractivity contribution in [2.45, 2.75) is 50.5 Å². The van der Waals surface area contributed by atoms with E-state index in [9.17, 15) is 0 Å². The van der Waals surface area contributed by atoms with E-state index < -0.39 is 0 Å². The molecule has 1 aliphatic carbocycles. The SMILES string of the molecule is C#CC(NCC)C1(c2ccccc2)CCCCC1. The fourth-order valence-electron chi connectivity index (χ4n) is 3.31. The molecule has 0 saturated heterocycles. The van der Waals surface area contributed by atoms with E-state index in [-0.39, 0.29) is 11.5 Å². The van der Waals surface area contributed by atoms with Gasteiger partial charge in [-0.2, -0.15) is 0 Å². The van der Waals surface area contributed by atoms with Crippen LogP contribution in [0.2, 0.25) is 0 Å². The van der Waals surface area contributed by atoms with Crippen molar-refractivity contribution in [3.8, 4) is 12.3 Å². The normalized spacial score (nSPS) is 20.0. The summed E-state index contributed by atoms with van der Waals surface area (Å²) in [5, 5.41) is 3.51. The molecule has 1 nitrogen and oxygen atoms in total. The second-order valence-electron chi connectivity index (χ2n) is 5.24. The van der Waals surface area contributed by atoms with Crippen LogP contribution >= 0.6 is 0 Å². The average Bonchev–Trinajstić information content (AvgIpc) is 2.46. The highest BCUT2D eigenvalue weighted by Gasteiger charge is 2.40. The quantitative estimate of drug-likeness (QED) is 0.796. The molecule has 0 amide bonds. The maximum absolute atomic E-state index is 5.80. The molecule has 18 heavy (non-hydrogen) atoms. The first-order valence-corrected chi connectivity index (χ1v) is 7.08. The Bertz CT molecular complexity index is 395. The van der Waals surface area contributed by atoms with Gasteiger partial charge in [-0.1, -0.05) is 62.4 Å². The maximum Gasteiger partial charge on any atom is 0.0784 e. The van der Waals surface area contributed by atoms with E-state index in [4.69, 9.17) is 6.42 Å². The summed E-state index contributed by atoms with van der Waals surface area (Å²) in [6.45, 7) is 3.06. The molecule has 1 saturated carbocycles. The Labute approximate surface area is 111 Å². The molecular weight excluding hydrogens is 218 g/mol. The van der Waals surface area contributed by atoms with E-state index in [0.29, 0.717) is 0 Å². The topological polar surface area (TPSA) is 12.0 Å². The van der Waals surface area contributed by atoms with Crippen molar-refractivity contribution in [3.63, 3.8) is 0 Å². The van der Waals surface area contributed by atoms with E-state index in [1.807, 2.05) is 0 Å². The van der Waals surface area contributed by atoms with Crippen LogP contribution in [0.15, 0.2) is 30.3 Å². The minimum atomic E-state index is 0.143. The molecule has 1 heteroatoms. The summed E-state index contributed by atoms with van der Waals surface area (Å²) in [7, 11) is 0. The molecule has 1 N–H and O–H groups in total. The summed E-state index contributed by atoms with van der Waals surface area (Å²) >= 11 is 0. The molecule has 1 aromatic carbocycles. The van der Waals surface area contributed by atoms with Crippen LogP contribution in [0, 0.1) is 12.3 Å². The average molecular weight is 241 g/mol. The smallest absolute Gasteiger partial charge is 0.0784 e. The van der Waals surface area contributed by atoms with Crippen molar-refractivity contribution < 1.29 is 0 Å². The molecule has 2 rings (SSSR count). The minimum absolute atomic E-state index is 0.143. The number of terminal acetylenes is 1. The molecule has 0 radical (unpaired) electrons. The molecule has 0 bridgehead atoms. The molecule has 0 aromatic heterocycles. The van der Waals surface area contributed by atoms with Crippen molar-refractivity contribution in [1.82, 2.24) is 5.32 Å². The van der Waals surface area contributed by atoms with Gasteiger partial charge in [0.2, 0.25) is 0 Å². The molecule has 0 heterocycles. The largest absolute Gasteiger partial charge is 0.303 e. The highest BCUT2D eigenvalue weighted by Crippen LogP contribution is 2.42. The predicted octanol–water partition coefficient (Wildman–Crippen LogP) is 3.50. The Kier molecular flexibility index (Phi) is 4.44. The van der Waals surface area contributed by atoms with Gasteiger partial charge in [0, 0.05) is 5.41 Å². The van der Waals surface area contributed by atoms with Gasteiger partial charge in [0.1, 0.15) is 0 Å². The summed E-state index contributed by atoms with van der Waals surface area (Å²) in [6, 6.07) is 11.0. The third kappa shape index (κ3) is 2.44. The van der Waals surface area contributed by atoms with Crippen LogP contribution in [0.25, 0.3) is 0 Å². The molecule has 1 fully saturated rings. The lowest BCUT2D eigenvalue weighted by Crippen LogP contribution is -2.48. The third-order valence-corrected chi connectivity index (χ3v) is 4.22. The first-order valence-electron chi connectivity index (χ1n) is 7.08. The van der Waals surface area contributed by atoms with Crippen molar-refractivity contribution in [1.29, 1.82) is 0 Å². The molecule has 1 atom stereocenters. The molecule has 1 unspecified atom stereocenters. The Balaban J connectivity index is 2.37. The summed E-state index contributed by atoms with van der Waals surface area (Å²) in [4.78, 5) is 0. The van der Waals surface area contributed by atoms with Crippen LogP contribution in [0.3, 0.4) is 0 Å². The van der Waals surface area contributed by atoms with Gasteiger partial charge in [-0.25, -0.2) is 0 Å². The van der Waals surface area contributed by atoms with Crippen LogP contribution < -0.4 is 5.32 Å². The maximum atomic E-state index is 5.80. The zero-order chi connectivity index (χ0) is 12.8. The van der Waals surface area contributed by atoms with E-state index in [2.05, 4.69) is 48.5 Å². The predicted molar refractivity (Wildman–Crippen MR) is 77.5 cm³/mol. The molecule has 96 valence electrons. The van der Waals surface area contributed by atoms with Gasteiger partial charge in [0.05, 0.1) is 6.04 Å². The standard InChI is InChI=1S/C17H23N/c1-3-16(18-4-2)17(13-9-6-10-14-17)15-11-7-5-8-12-15/h1,5,7-8,11-12,16,18H,4,6,9-10,13-14H2,2H3. The second kappa shape index (κ2) is 6.07. The van der Waals surface area contributed by atoms with E-state index in [0.717, 1.165) is 6.54 Å². The zero-order valence-corrected chi connectivity index (χ0v) is 11.3. The monoisotopic (exact) mass is 241 g/mol. The van der Waals surface area contributed by atoms with Gasteiger partial charge >= 0.3 is 0 Å². The van der Waals surface area contributed by atoms with Crippen molar-refractivity contribution >= 4 is 0 Å². The first-order chi connectivity index (χ1) is 8.83. The van der Waals surface area contributed by atoms with Crippen molar-refractivity contribution in [2.24, 2.45) is 0 Å². The number of likely N-dealkylation sites (N-methyl/N-ethyl adjacent to an activating group) is 1. The fourth-order valence-corrected chi connectivity index (χ4v) is 3.31. The number of rotatable bonds is 4. The summed E-state index contributed by atoms with van der Waals surface area (Å²) in [5.74, 6) is 3.00. The highest BCUT2D eigenvalue weighted by atomic mass is 14.9. The van der Waals surface area contributed by atoms with Gasteiger partial charge in [0.15, 0.2) is 0 Å². The van der Waals surface area contributed by atoms with E-state index in [1.165, 1.54) is 37.7 Å². The second-order valence-corrected chi connectivity index (χ2v) is 5.24. The number of hydrogen-bond acceptors (Lipinski definition) is 1. The molecule has 1 aromatic rings. The van der Waals surface area contributed by atoms with Crippen LogP contribution in [0.4, 0.5) is 0 Å². The Morgan fingerprint density at radius 3 is 2.44 bits per heavy atom. The van der Waals surface area contributed by atoms with E-state index in [1.54, 1.807) is 0 Å². The lowest BCUT2D eigenvalue weighted by atomic mass is 9.65. The fraction of sp³-hybridized carbons (Fsp3) is 0.529.